The van der Waals surface area contributed by atoms with Crippen molar-refractivity contribution in [3.63, 3.8) is 0 Å². The number of hydrogen-bond acceptors (Lipinski definition) is 5. The van der Waals surface area contributed by atoms with Crippen molar-refractivity contribution in [3.8, 4) is 22.7 Å². The average molecular weight is 447 g/mol. The molecule has 0 saturated carbocycles. The lowest BCUT2D eigenvalue weighted by Gasteiger charge is -2.09. The SMILES string of the molecule is O=C(Nc1cccc(OCc2cccnc2)c1)c1cn(-c2ccccc2)nc1-c1cccnc1. The van der Waals surface area contributed by atoms with Crippen molar-refractivity contribution in [2.45, 2.75) is 6.61 Å². The van der Waals surface area contributed by atoms with Crippen molar-refractivity contribution in [1.82, 2.24) is 19.7 Å². The molecule has 0 aliphatic carbocycles. The third-order valence-electron chi connectivity index (χ3n) is 5.13. The number of nitrogens with one attached hydrogen (secondary N) is 1. The topological polar surface area (TPSA) is 81.9 Å². The molecule has 1 amide bonds. The summed E-state index contributed by atoms with van der Waals surface area (Å²) in [4.78, 5) is 21.6. The largest absolute Gasteiger partial charge is 0.489 e. The highest BCUT2D eigenvalue weighted by Crippen LogP contribution is 2.25. The second-order valence-electron chi connectivity index (χ2n) is 7.55. The predicted octanol–water partition coefficient (Wildman–Crippen LogP) is 5.16. The van der Waals surface area contributed by atoms with Gasteiger partial charge in [0.15, 0.2) is 0 Å². The zero-order valence-corrected chi connectivity index (χ0v) is 18.2. The van der Waals surface area contributed by atoms with Crippen LogP contribution in [0.1, 0.15) is 15.9 Å². The zero-order chi connectivity index (χ0) is 23.2. The van der Waals surface area contributed by atoms with Gasteiger partial charge < -0.3 is 10.1 Å². The number of carbonyl (C=O) groups is 1. The molecule has 0 saturated heterocycles. The molecule has 3 heterocycles. The van der Waals surface area contributed by atoms with E-state index >= 15 is 0 Å². The molecule has 2 aromatic carbocycles. The lowest BCUT2D eigenvalue weighted by Crippen LogP contribution is -2.12. The normalized spacial score (nSPS) is 10.6. The van der Waals surface area contributed by atoms with Gasteiger partial charge in [-0.25, -0.2) is 4.68 Å². The van der Waals surface area contributed by atoms with Gasteiger partial charge in [0.2, 0.25) is 0 Å². The quantitative estimate of drug-likeness (QED) is 0.373. The number of hydrogen-bond donors (Lipinski definition) is 1. The Kier molecular flexibility index (Phi) is 6.07. The number of ether oxygens (including phenoxy) is 1. The Morgan fingerprint density at radius 3 is 2.47 bits per heavy atom. The first-order valence-corrected chi connectivity index (χ1v) is 10.7. The molecular formula is C27H21N5O2. The molecule has 5 aromatic rings. The number of anilines is 1. The molecule has 0 unspecified atom stereocenters. The molecular weight excluding hydrogens is 426 g/mol. The van der Waals surface area contributed by atoms with Crippen LogP contribution in [0, 0.1) is 0 Å². The van der Waals surface area contributed by atoms with Gasteiger partial charge in [0.25, 0.3) is 5.91 Å². The minimum absolute atomic E-state index is 0.273. The van der Waals surface area contributed by atoms with Crippen molar-refractivity contribution in [3.05, 3.63) is 121 Å². The third-order valence-corrected chi connectivity index (χ3v) is 5.13. The fourth-order valence-corrected chi connectivity index (χ4v) is 3.48. The highest BCUT2D eigenvalue weighted by molar-refractivity contribution is 6.08. The third kappa shape index (κ3) is 4.83. The van der Waals surface area contributed by atoms with Crippen LogP contribution in [0.3, 0.4) is 0 Å². The minimum atomic E-state index is -0.273. The maximum Gasteiger partial charge on any atom is 0.259 e. The standard InChI is InChI=1S/C27H21N5O2/c33-27(30-22-9-4-12-24(15-22)34-19-20-7-5-13-28-16-20)25-18-32(23-10-2-1-3-11-23)31-26(25)21-8-6-14-29-17-21/h1-18H,19H2,(H,30,33). The Labute approximate surface area is 196 Å². The number of amides is 1. The lowest BCUT2D eigenvalue weighted by molar-refractivity contribution is 0.102. The van der Waals surface area contributed by atoms with Gasteiger partial charge >= 0.3 is 0 Å². The summed E-state index contributed by atoms with van der Waals surface area (Å²) < 4.78 is 7.56. The monoisotopic (exact) mass is 447 g/mol. The summed E-state index contributed by atoms with van der Waals surface area (Å²) in [5.41, 5.74) is 4.20. The van der Waals surface area contributed by atoms with E-state index in [4.69, 9.17) is 4.74 Å². The second kappa shape index (κ2) is 9.79. The molecule has 166 valence electrons. The zero-order valence-electron chi connectivity index (χ0n) is 18.2. The van der Waals surface area contributed by atoms with Crippen LogP contribution in [0.5, 0.6) is 5.75 Å². The van der Waals surface area contributed by atoms with Gasteiger partial charge in [-0.15, -0.1) is 0 Å². The van der Waals surface area contributed by atoms with Crippen molar-refractivity contribution < 1.29 is 9.53 Å². The molecule has 1 N–H and O–H groups in total. The molecule has 0 bridgehead atoms. The molecule has 5 rings (SSSR count). The Hall–Kier alpha value is -4.78. The van der Waals surface area contributed by atoms with Gasteiger partial charge in [0.1, 0.15) is 18.1 Å². The summed E-state index contributed by atoms with van der Waals surface area (Å²) in [5, 5.41) is 7.65. The number of carbonyl (C=O) groups excluding carboxylic acids is 1. The van der Waals surface area contributed by atoms with Gasteiger partial charge in [-0.1, -0.05) is 30.3 Å². The van der Waals surface area contributed by atoms with Gasteiger partial charge in [0.05, 0.1) is 11.3 Å². The van der Waals surface area contributed by atoms with Gasteiger partial charge in [-0.05, 0) is 42.5 Å². The fraction of sp³-hybridized carbons (Fsp3) is 0.0370. The van der Waals surface area contributed by atoms with Gasteiger partial charge in [-0.2, -0.15) is 5.10 Å². The van der Waals surface area contributed by atoms with Crippen LogP contribution < -0.4 is 10.1 Å². The van der Waals surface area contributed by atoms with Crippen molar-refractivity contribution >= 4 is 11.6 Å². The Bertz CT molecular complexity index is 1390. The Morgan fingerprint density at radius 1 is 0.882 bits per heavy atom. The molecule has 0 aliphatic rings. The number of aromatic nitrogens is 4. The van der Waals surface area contributed by atoms with Crippen molar-refractivity contribution in [2.75, 3.05) is 5.32 Å². The minimum Gasteiger partial charge on any atom is -0.489 e. The van der Waals surface area contributed by atoms with Crippen LogP contribution in [0.4, 0.5) is 5.69 Å². The first-order chi connectivity index (χ1) is 16.8. The maximum absolute atomic E-state index is 13.3. The number of pyridine rings is 2. The highest BCUT2D eigenvalue weighted by Gasteiger charge is 2.19. The van der Waals surface area contributed by atoms with E-state index in [9.17, 15) is 4.79 Å². The van der Waals surface area contributed by atoms with Crippen LogP contribution in [0.15, 0.2) is 110 Å². The summed E-state index contributed by atoms with van der Waals surface area (Å²) in [6.45, 7) is 0.389. The molecule has 7 heteroatoms. The highest BCUT2D eigenvalue weighted by atomic mass is 16.5. The Balaban J connectivity index is 1.39. The van der Waals surface area contributed by atoms with Crippen molar-refractivity contribution in [2.24, 2.45) is 0 Å². The smallest absolute Gasteiger partial charge is 0.259 e. The Morgan fingerprint density at radius 2 is 1.71 bits per heavy atom. The van der Waals surface area contributed by atoms with Crippen LogP contribution in [-0.2, 0) is 6.61 Å². The first kappa shape index (κ1) is 21.1. The number of para-hydroxylation sites is 1. The summed E-state index contributed by atoms with van der Waals surface area (Å²) in [7, 11) is 0. The van der Waals surface area contributed by atoms with Crippen molar-refractivity contribution in [1.29, 1.82) is 0 Å². The first-order valence-electron chi connectivity index (χ1n) is 10.7. The molecule has 0 spiro atoms. The number of rotatable bonds is 7. The molecule has 34 heavy (non-hydrogen) atoms. The van der Waals surface area contributed by atoms with E-state index in [2.05, 4.69) is 20.4 Å². The second-order valence-corrected chi connectivity index (χ2v) is 7.55. The van der Waals surface area contributed by atoms with E-state index in [0.717, 1.165) is 16.8 Å². The summed E-state index contributed by atoms with van der Waals surface area (Å²) in [6, 6.07) is 24.5. The molecule has 0 atom stereocenters. The van der Waals surface area contributed by atoms with E-state index in [1.54, 1.807) is 41.7 Å². The summed E-state index contributed by atoms with van der Waals surface area (Å²) >= 11 is 0. The van der Waals surface area contributed by atoms with E-state index in [1.807, 2.05) is 72.8 Å². The van der Waals surface area contributed by atoms with Gasteiger partial charge in [0, 0.05) is 53.9 Å². The number of nitrogens with zero attached hydrogens (tertiary/aromatic N) is 4. The molecule has 7 nitrogen and oxygen atoms in total. The van der Waals surface area contributed by atoms with E-state index < -0.39 is 0 Å². The van der Waals surface area contributed by atoms with Crippen LogP contribution in [0.2, 0.25) is 0 Å². The molecule has 3 aromatic heterocycles. The summed E-state index contributed by atoms with van der Waals surface area (Å²) in [6.07, 6.45) is 8.60. The molecule has 0 aliphatic heterocycles. The van der Waals surface area contributed by atoms with Crippen LogP contribution >= 0.6 is 0 Å². The van der Waals surface area contributed by atoms with E-state index in [1.165, 1.54) is 0 Å². The fourth-order valence-electron chi connectivity index (χ4n) is 3.48. The van der Waals surface area contributed by atoms with Gasteiger partial charge in [-0.3, -0.25) is 14.8 Å². The van der Waals surface area contributed by atoms with Crippen LogP contribution in [-0.4, -0.2) is 25.7 Å². The molecule has 0 fully saturated rings. The number of benzene rings is 2. The van der Waals surface area contributed by atoms with E-state index in [-0.39, 0.29) is 5.91 Å². The van der Waals surface area contributed by atoms with Crippen LogP contribution in [0.25, 0.3) is 16.9 Å². The predicted molar refractivity (Wildman–Crippen MR) is 130 cm³/mol. The van der Waals surface area contributed by atoms with E-state index in [0.29, 0.717) is 29.3 Å². The maximum atomic E-state index is 13.3. The lowest BCUT2D eigenvalue weighted by atomic mass is 10.1. The molecule has 0 radical (unpaired) electrons. The average Bonchev–Trinajstić information content (AvgIpc) is 3.35. The summed E-state index contributed by atoms with van der Waals surface area (Å²) in [5.74, 6) is 0.375.